The molecule has 1 aromatic carbocycles. The Morgan fingerprint density at radius 3 is 2.65 bits per heavy atom. The molecule has 4 heteroatoms. The highest BCUT2D eigenvalue weighted by Crippen LogP contribution is 2.16. The van der Waals surface area contributed by atoms with Crippen LogP contribution in [-0.2, 0) is 4.79 Å². The van der Waals surface area contributed by atoms with Crippen LogP contribution in [0.5, 0.6) is 0 Å². The number of hydrogen-bond acceptors (Lipinski definition) is 2. The standard InChI is InChI=1S/C13H19BrN2O/c1-9(2)8-15-13(17)10(3)16-12-6-4-5-11(14)7-12/h4-7,9-10,16H,8H2,1-3H3,(H,15,17). The van der Waals surface area contributed by atoms with Crippen LogP contribution in [0.1, 0.15) is 20.8 Å². The van der Waals surface area contributed by atoms with Gasteiger partial charge in [-0.3, -0.25) is 4.79 Å². The molecule has 17 heavy (non-hydrogen) atoms. The highest BCUT2D eigenvalue weighted by Gasteiger charge is 2.12. The third-order valence-corrected chi connectivity index (χ3v) is 2.78. The average Bonchev–Trinajstić information content (AvgIpc) is 2.25. The van der Waals surface area contributed by atoms with Crippen LogP contribution >= 0.6 is 15.9 Å². The van der Waals surface area contributed by atoms with E-state index in [0.717, 1.165) is 10.2 Å². The normalized spacial score (nSPS) is 12.3. The molecule has 1 unspecified atom stereocenters. The molecule has 1 atom stereocenters. The quantitative estimate of drug-likeness (QED) is 0.877. The molecule has 0 bridgehead atoms. The topological polar surface area (TPSA) is 41.1 Å². The molecule has 2 N–H and O–H groups in total. The van der Waals surface area contributed by atoms with Crippen molar-refractivity contribution in [1.29, 1.82) is 0 Å². The summed E-state index contributed by atoms with van der Waals surface area (Å²) in [5.74, 6) is 0.496. The summed E-state index contributed by atoms with van der Waals surface area (Å²) < 4.78 is 0.997. The monoisotopic (exact) mass is 298 g/mol. The van der Waals surface area contributed by atoms with Gasteiger partial charge < -0.3 is 10.6 Å². The molecule has 1 amide bonds. The van der Waals surface area contributed by atoms with Crippen molar-refractivity contribution >= 4 is 27.5 Å². The first-order chi connectivity index (χ1) is 7.99. The van der Waals surface area contributed by atoms with E-state index in [2.05, 4.69) is 40.4 Å². The van der Waals surface area contributed by atoms with Crippen LogP contribution < -0.4 is 10.6 Å². The van der Waals surface area contributed by atoms with Gasteiger partial charge in [-0.15, -0.1) is 0 Å². The number of halogens is 1. The summed E-state index contributed by atoms with van der Waals surface area (Å²) in [6.07, 6.45) is 0. The van der Waals surface area contributed by atoms with Gasteiger partial charge in [0.25, 0.3) is 0 Å². The SMILES string of the molecule is CC(C)CNC(=O)C(C)Nc1cccc(Br)c1. The molecule has 0 aromatic heterocycles. The third-order valence-electron chi connectivity index (χ3n) is 2.29. The lowest BCUT2D eigenvalue weighted by Gasteiger charge is -2.16. The largest absolute Gasteiger partial charge is 0.374 e. The number of rotatable bonds is 5. The molecule has 3 nitrogen and oxygen atoms in total. The van der Waals surface area contributed by atoms with Crippen molar-refractivity contribution in [1.82, 2.24) is 5.32 Å². The number of carbonyl (C=O) groups excluding carboxylic acids is 1. The molecular formula is C13H19BrN2O. The van der Waals surface area contributed by atoms with E-state index in [1.54, 1.807) is 0 Å². The minimum Gasteiger partial charge on any atom is -0.374 e. The molecule has 0 spiro atoms. The van der Waals surface area contributed by atoms with Gasteiger partial charge in [0.05, 0.1) is 0 Å². The van der Waals surface area contributed by atoms with Gasteiger partial charge in [0, 0.05) is 16.7 Å². The molecule has 1 rings (SSSR count). The van der Waals surface area contributed by atoms with Gasteiger partial charge in [-0.2, -0.15) is 0 Å². The highest BCUT2D eigenvalue weighted by molar-refractivity contribution is 9.10. The summed E-state index contributed by atoms with van der Waals surface area (Å²) in [6.45, 7) is 6.72. The van der Waals surface area contributed by atoms with Crippen molar-refractivity contribution in [3.8, 4) is 0 Å². The second kappa shape index (κ2) is 6.64. The number of amides is 1. The van der Waals surface area contributed by atoms with Crippen LogP contribution in [0.2, 0.25) is 0 Å². The van der Waals surface area contributed by atoms with Gasteiger partial charge in [0.1, 0.15) is 6.04 Å². The van der Waals surface area contributed by atoms with E-state index in [0.29, 0.717) is 12.5 Å². The minimum absolute atomic E-state index is 0.0266. The van der Waals surface area contributed by atoms with Gasteiger partial charge in [-0.1, -0.05) is 35.8 Å². The van der Waals surface area contributed by atoms with Gasteiger partial charge in [-0.05, 0) is 31.0 Å². The molecule has 0 saturated carbocycles. The number of anilines is 1. The molecule has 1 aromatic rings. The summed E-state index contributed by atoms with van der Waals surface area (Å²) in [4.78, 5) is 11.8. The lowest BCUT2D eigenvalue weighted by Crippen LogP contribution is -2.39. The predicted octanol–water partition coefficient (Wildman–Crippen LogP) is 3.02. The third kappa shape index (κ3) is 5.22. The first-order valence-corrected chi connectivity index (χ1v) is 6.58. The molecule has 0 aliphatic carbocycles. The lowest BCUT2D eigenvalue weighted by molar-refractivity contribution is -0.121. The molecule has 0 radical (unpaired) electrons. The Bertz CT molecular complexity index is 379. The fourth-order valence-electron chi connectivity index (χ4n) is 1.35. The number of hydrogen-bond donors (Lipinski definition) is 2. The van der Waals surface area contributed by atoms with E-state index in [1.807, 2.05) is 31.2 Å². The van der Waals surface area contributed by atoms with Gasteiger partial charge in [0.15, 0.2) is 0 Å². The van der Waals surface area contributed by atoms with Crippen molar-refractivity contribution in [2.45, 2.75) is 26.8 Å². The Morgan fingerprint density at radius 1 is 1.35 bits per heavy atom. The van der Waals surface area contributed by atoms with Crippen molar-refractivity contribution < 1.29 is 4.79 Å². The molecule has 0 heterocycles. The second-order valence-corrected chi connectivity index (χ2v) is 5.43. The lowest BCUT2D eigenvalue weighted by atomic mass is 10.2. The first kappa shape index (κ1) is 14.0. The summed E-state index contributed by atoms with van der Waals surface area (Å²) >= 11 is 3.40. The van der Waals surface area contributed by atoms with Gasteiger partial charge in [0.2, 0.25) is 5.91 Å². The van der Waals surface area contributed by atoms with E-state index in [4.69, 9.17) is 0 Å². The Hall–Kier alpha value is -1.03. The number of carbonyl (C=O) groups is 1. The van der Waals surface area contributed by atoms with E-state index in [1.165, 1.54) is 0 Å². The zero-order valence-corrected chi connectivity index (χ0v) is 12.0. The van der Waals surface area contributed by atoms with Gasteiger partial charge >= 0.3 is 0 Å². The summed E-state index contributed by atoms with van der Waals surface area (Å²) in [6, 6.07) is 7.55. The smallest absolute Gasteiger partial charge is 0.242 e. The van der Waals surface area contributed by atoms with E-state index < -0.39 is 0 Å². The molecule has 0 aliphatic heterocycles. The van der Waals surface area contributed by atoms with Crippen molar-refractivity contribution in [2.75, 3.05) is 11.9 Å². The molecule has 0 aliphatic rings. The van der Waals surface area contributed by atoms with Crippen LogP contribution in [-0.4, -0.2) is 18.5 Å². The predicted molar refractivity (Wildman–Crippen MR) is 75.1 cm³/mol. The van der Waals surface area contributed by atoms with E-state index >= 15 is 0 Å². The van der Waals surface area contributed by atoms with E-state index in [9.17, 15) is 4.79 Å². The molecule has 0 fully saturated rings. The fraction of sp³-hybridized carbons (Fsp3) is 0.462. The zero-order chi connectivity index (χ0) is 12.8. The van der Waals surface area contributed by atoms with E-state index in [-0.39, 0.29) is 11.9 Å². The summed E-state index contributed by atoms with van der Waals surface area (Å²) in [5.41, 5.74) is 0.937. The summed E-state index contributed by atoms with van der Waals surface area (Å²) in [5, 5.41) is 6.07. The molecule has 0 saturated heterocycles. The van der Waals surface area contributed by atoms with Crippen LogP contribution in [0.15, 0.2) is 28.7 Å². The Labute approximate surface area is 111 Å². The maximum Gasteiger partial charge on any atom is 0.242 e. The maximum absolute atomic E-state index is 11.8. The van der Waals surface area contributed by atoms with Crippen molar-refractivity contribution in [2.24, 2.45) is 5.92 Å². The summed E-state index contributed by atoms with van der Waals surface area (Å²) in [7, 11) is 0. The van der Waals surface area contributed by atoms with Crippen LogP contribution in [0.4, 0.5) is 5.69 Å². The number of benzene rings is 1. The fourth-order valence-corrected chi connectivity index (χ4v) is 1.75. The zero-order valence-electron chi connectivity index (χ0n) is 10.5. The average molecular weight is 299 g/mol. The van der Waals surface area contributed by atoms with Crippen LogP contribution in [0.25, 0.3) is 0 Å². The number of nitrogens with one attached hydrogen (secondary N) is 2. The molecule has 94 valence electrons. The maximum atomic E-state index is 11.8. The Kier molecular flexibility index (Phi) is 5.48. The Balaban J connectivity index is 2.48. The van der Waals surface area contributed by atoms with Crippen LogP contribution in [0, 0.1) is 5.92 Å². The first-order valence-electron chi connectivity index (χ1n) is 5.79. The van der Waals surface area contributed by atoms with Crippen molar-refractivity contribution in [3.63, 3.8) is 0 Å². The van der Waals surface area contributed by atoms with Crippen LogP contribution in [0.3, 0.4) is 0 Å². The minimum atomic E-state index is -0.233. The highest BCUT2D eigenvalue weighted by atomic mass is 79.9. The van der Waals surface area contributed by atoms with Gasteiger partial charge in [-0.25, -0.2) is 0 Å². The molecular weight excluding hydrogens is 280 g/mol. The second-order valence-electron chi connectivity index (χ2n) is 4.52. The van der Waals surface area contributed by atoms with Crippen molar-refractivity contribution in [3.05, 3.63) is 28.7 Å². The Morgan fingerprint density at radius 2 is 2.06 bits per heavy atom.